The van der Waals surface area contributed by atoms with Crippen molar-refractivity contribution >= 4 is 23.2 Å². The molecule has 0 aliphatic heterocycles. The van der Waals surface area contributed by atoms with Gasteiger partial charge in [0.15, 0.2) is 0 Å². The summed E-state index contributed by atoms with van der Waals surface area (Å²) in [6, 6.07) is 0.368. The Morgan fingerprint density at radius 2 is 1.38 bits per heavy atom. The van der Waals surface area contributed by atoms with Gasteiger partial charge in [0.25, 0.3) is 0 Å². The summed E-state index contributed by atoms with van der Waals surface area (Å²) in [6.45, 7) is 0. The predicted octanol–water partition coefficient (Wildman–Crippen LogP) is 1.66. The van der Waals surface area contributed by atoms with E-state index in [0.29, 0.717) is 0 Å². The molecule has 2 nitrogen and oxygen atoms in total. The zero-order valence-corrected chi connectivity index (χ0v) is 6.50. The standard InChI is InChI=1S/C2H4Cl2O.C2H6O/c3-1-5-2-4;1-3-2/h1-2H2;1-2H3. The highest BCUT2D eigenvalue weighted by Gasteiger charge is 1.68. The normalized spacial score (nSPS) is 7.50. The highest BCUT2D eigenvalue weighted by molar-refractivity contribution is 6.18. The van der Waals surface area contributed by atoms with E-state index >= 15 is 0 Å². The number of hydrogen-bond acceptors (Lipinski definition) is 2. The zero-order valence-electron chi connectivity index (χ0n) is 4.99. The highest BCUT2D eigenvalue weighted by atomic mass is 35.5. The van der Waals surface area contributed by atoms with Gasteiger partial charge in [-0.05, 0) is 0 Å². The van der Waals surface area contributed by atoms with Crippen molar-refractivity contribution in [2.24, 2.45) is 0 Å². The molecule has 0 radical (unpaired) electrons. The van der Waals surface area contributed by atoms with Crippen LogP contribution in [-0.2, 0) is 9.47 Å². The van der Waals surface area contributed by atoms with E-state index in [1.807, 2.05) is 0 Å². The first kappa shape index (κ1) is 11.3. The molecule has 0 aliphatic carbocycles. The van der Waals surface area contributed by atoms with E-state index in [1.165, 1.54) is 0 Å². The van der Waals surface area contributed by atoms with Crippen molar-refractivity contribution in [2.75, 3.05) is 26.4 Å². The van der Waals surface area contributed by atoms with Crippen LogP contribution in [0.3, 0.4) is 0 Å². The molecule has 0 atom stereocenters. The number of methoxy groups -OCH3 is 1. The van der Waals surface area contributed by atoms with E-state index in [2.05, 4.69) is 9.47 Å². The summed E-state index contributed by atoms with van der Waals surface area (Å²) >= 11 is 9.99. The van der Waals surface area contributed by atoms with Gasteiger partial charge in [-0.3, -0.25) is 0 Å². The fourth-order valence-electron chi connectivity index (χ4n) is 0.0292. The zero-order chi connectivity index (χ0) is 6.83. The molecule has 0 saturated carbocycles. The van der Waals surface area contributed by atoms with Gasteiger partial charge in [-0.25, -0.2) is 0 Å². The number of halogens is 2. The van der Waals surface area contributed by atoms with Gasteiger partial charge in [-0.2, -0.15) is 0 Å². The van der Waals surface area contributed by atoms with Crippen LogP contribution < -0.4 is 0 Å². The first-order chi connectivity index (χ1) is 3.83. The molecule has 0 aromatic rings. The molecule has 0 aromatic carbocycles. The molecule has 0 unspecified atom stereocenters. The number of ether oxygens (including phenoxy) is 2. The van der Waals surface area contributed by atoms with Gasteiger partial charge in [-0.1, -0.05) is 23.2 Å². The van der Waals surface area contributed by atoms with Crippen LogP contribution in [0.2, 0.25) is 0 Å². The molecule has 0 aromatic heterocycles. The Kier molecular flexibility index (Phi) is 22.1. The molecule has 0 bridgehead atoms. The Hall–Kier alpha value is 0.500. The molecular formula is C4H10Cl2O2. The molecule has 0 saturated heterocycles. The largest absolute Gasteiger partial charge is 0.388 e. The lowest BCUT2D eigenvalue weighted by atomic mass is 11.5. The minimum Gasteiger partial charge on any atom is -0.388 e. The summed E-state index contributed by atoms with van der Waals surface area (Å²) in [4.78, 5) is 0. The van der Waals surface area contributed by atoms with Gasteiger partial charge < -0.3 is 9.47 Å². The molecule has 0 fully saturated rings. The van der Waals surface area contributed by atoms with Crippen LogP contribution >= 0.6 is 23.2 Å². The Morgan fingerprint density at radius 3 is 1.38 bits per heavy atom. The van der Waals surface area contributed by atoms with Crippen LogP contribution in [0.5, 0.6) is 0 Å². The molecule has 4 heteroatoms. The fourth-order valence-corrected chi connectivity index (χ4v) is 0.262. The van der Waals surface area contributed by atoms with Gasteiger partial charge in [0.1, 0.15) is 12.1 Å². The van der Waals surface area contributed by atoms with Crippen molar-refractivity contribution in [1.29, 1.82) is 0 Å². The van der Waals surface area contributed by atoms with Crippen LogP contribution in [0.25, 0.3) is 0 Å². The maximum atomic E-state index is 4.99. The second-order valence-electron chi connectivity index (χ2n) is 0.831. The number of hydrogen-bond donors (Lipinski definition) is 0. The molecule has 0 rings (SSSR count). The second-order valence-corrected chi connectivity index (χ2v) is 1.27. The van der Waals surface area contributed by atoms with E-state index in [-0.39, 0.29) is 12.1 Å². The lowest BCUT2D eigenvalue weighted by Gasteiger charge is -1.82. The molecule has 0 amide bonds. The van der Waals surface area contributed by atoms with Gasteiger partial charge in [0.2, 0.25) is 0 Å². The van der Waals surface area contributed by atoms with Crippen LogP contribution in [0.15, 0.2) is 0 Å². The van der Waals surface area contributed by atoms with Gasteiger partial charge in [-0.15, -0.1) is 0 Å². The average Bonchev–Trinajstić information content (AvgIpc) is 1.71. The predicted molar refractivity (Wildman–Crippen MR) is 35.5 cm³/mol. The first-order valence-electron chi connectivity index (χ1n) is 1.93. The third kappa shape index (κ3) is 31.5. The van der Waals surface area contributed by atoms with Crippen molar-refractivity contribution in [3.8, 4) is 0 Å². The van der Waals surface area contributed by atoms with Gasteiger partial charge in [0, 0.05) is 14.2 Å². The number of rotatable bonds is 2. The Labute approximate surface area is 59.7 Å². The highest BCUT2D eigenvalue weighted by Crippen LogP contribution is 1.79. The summed E-state index contributed by atoms with van der Waals surface area (Å²) in [6.07, 6.45) is 0. The maximum absolute atomic E-state index is 4.99. The summed E-state index contributed by atoms with van der Waals surface area (Å²) in [7, 11) is 3.25. The van der Waals surface area contributed by atoms with Gasteiger partial charge >= 0.3 is 0 Å². The van der Waals surface area contributed by atoms with Gasteiger partial charge in [0.05, 0.1) is 0 Å². The summed E-state index contributed by atoms with van der Waals surface area (Å²) in [5.41, 5.74) is 0. The maximum Gasteiger partial charge on any atom is 0.122 e. The smallest absolute Gasteiger partial charge is 0.122 e. The SMILES string of the molecule is COC.ClCOCCl. The molecule has 8 heavy (non-hydrogen) atoms. The number of alkyl halides is 2. The fraction of sp³-hybridized carbons (Fsp3) is 1.00. The van der Waals surface area contributed by atoms with Crippen molar-refractivity contribution in [2.45, 2.75) is 0 Å². The summed E-state index contributed by atoms with van der Waals surface area (Å²) in [5.74, 6) is 0. The van der Waals surface area contributed by atoms with E-state index in [9.17, 15) is 0 Å². The molecular weight excluding hydrogens is 151 g/mol. The molecule has 0 spiro atoms. The lowest BCUT2D eigenvalue weighted by Crippen LogP contribution is -1.78. The Bertz CT molecular complexity index is 26.0. The monoisotopic (exact) mass is 160 g/mol. The van der Waals surface area contributed by atoms with Crippen LogP contribution in [0, 0.1) is 0 Å². The topological polar surface area (TPSA) is 18.5 Å². The Morgan fingerprint density at radius 1 is 1.12 bits per heavy atom. The van der Waals surface area contributed by atoms with Crippen LogP contribution in [0.1, 0.15) is 0 Å². The average molecular weight is 161 g/mol. The van der Waals surface area contributed by atoms with E-state index in [0.717, 1.165) is 0 Å². The second kappa shape index (κ2) is 15.6. The van der Waals surface area contributed by atoms with E-state index in [4.69, 9.17) is 23.2 Å². The third-order valence-electron chi connectivity index (χ3n) is 0.154. The van der Waals surface area contributed by atoms with Crippen molar-refractivity contribution in [1.82, 2.24) is 0 Å². The quantitative estimate of drug-likeness (QED) is 0.573. The van der Waals surface area contributed by atoms with Crippen molar-refractivity contribution in [3.05, 3.63) is 0 Å². The van der Waals surface area contributed by atoms with E-state index in [1.54, 1.807) is 14.2 Å². The van der Waals surface area contributed by atoms with Crippen LogP contribution in [-0.4, -0.2) is 26.4 Å². The lowest BCUT2D eigenvalue weighted by molar-refractivity contribution is 0.232. The summed E-state index contributed by atoms with van der Waals surface area (Å²) in [5, 5.41) is 0. The molecule has 52 valence electrons. The first-order valence-corrected chi connectivity index (χ1v) is 3.00. The minimum absolute atomic E-state index is 0.184. The summed E-state index contributed by atoms with van der Waals surface area (Å²) < 4.78 is 8.61. The van der Waals surface area contributed by atoms with Crippen molar-refractivity contribution in [3.63, 3.8) is 0 Å². The van der Waals surface area contributed by atoms with Crippen molar-refractivity contribution < 1.29 is 9.47 Å². The molecule has 0 heterocycles. The Balaban J connectivity index is 0. The van der Waals surface area contributed by atoms with Crippen LogP contribution in [0.4, 0.5) is 0 Å². The molecule has 0 N–H and O–H groups in total. The van der Waals surface area contributed by atoms with E-state index < -0.39 is 0 Å². The third-order valence-corrected chi connectivity index (χ3v) is 0.463. The molecule has 0 aliphatic rings. The minimum atomic E-state index is 0.184.